The Bertz CT molecular complexity index is 244. The first-order chi connectivity index (χ1) is 6.17. The van der Waals surface area contributed by atoms with Crippen LogP contribution >= 0.6 is 7.26 Å². The van der Waals surface area contributed by atoms with Crippen molar-refractivity contribution < 1.29 is 24.0 Å². The predicted octanol–water partition coefficient (Wildman–Crippen LogP) is 0.393. The van der Waals surface area contributed by atoms with Crippen LogP contribution in [0, 0.1) is 0 Å². The summed E-state index contributed by atoms with van der Waals surface area (Å²) >= 11 is 0. The number of hydrogen-bond acceptors (Lipinski definition) is 0. The van der Waals surface area contributed by atoms with Crippen molar-refractivity contribution in [3.63, 3.8) is 0 Å². The van der Waals surface area contributed by atoms with Gasteiger partial charge in [0.2, 0.25) is 0 Å². The Morgan fingerprint density at radius 1 is 1.07 bits per heavy atom. The fourth-order valence-corrected chi connectivity index (χ4v) is 3.86. The topological polar surface area (TPSA) is 0 Å². The number of hydrogen-bond donors (Lipinski definition) is 0. The van der Waals surface area contributed by atoms with E-state index in [-0.39, 0.29) is 24.0 Å². The zero-order valence-electron chi connectivity index (χ0n) is 9.33. The summed E-state index contributed by atoms with van der Waals surface area (Å²) in [6, 6.07) is 11.0. The summed E-state index contributed by atoms with van der Waals surface area (Å²) in [4.78, 5) is 0. The Hall–Kier alpha value is 0.380. The third kappa shape index (κ3) is 4.27. The predicted molar refractivity (Wildman–Crippen MR) is 64.6 cm³/mol. The van der Waals surface area contributed by atoms with E-state index < -0.39 is 7.26 Å². The number of rotatable bonds is 4. The summed E-state index contributed by atoms with van der Waals surface area (Å²) in [7, 11) is -0.811. The molecule has 2 heteroatoms. The van der Waals surface area contributed by atoms with Crippen LogP contribution in [0.15, 0.2) is 30.3 Å². The lowest BCUT2D eigenvalue weighted by atomic mass is 10.4. The van der Waals surface area contributed by atoms with Crippen molar-refractivity contribution >= 4 is 12.6 Å². The van der Waals surface area contributed by atoms with Gasteiger partial charge in [0.15, 0.2) is 0 Å². The third-order valence-electron chi connectivity index (χ3n) is 2.53. The Balaban J connectivity index is 0.00000169. The quantitative estimate of drug-likeness (QED) is 0.556. The van der Waals surface area contributed by atoms with Crippen LogP contribution in [-0.4, -0.2) is 19.5 Å². The molecule has 0 N–H and O–H groups in total. The molecule has 1 rings (SSSR count). The monoisotopic (exact) mass is 322 g/mol. The molecule has 0 aliphatic carbocycles. The van der Waals surface area contributed by atoms with Gasteiger partial charge in [0.05, 0.1) is 24.8 Å². The van der Waals surface area contributed by atoms with E-state index in [1.54, 1.807) is 5.30 Å². The first-order valence-electron chi connectivity index (χ1n) is 5.05. The SMILES string of the molecule is CCCC[P+](C)(C)c1ccccc1.[I-]. The van der Waals surface area contributed by atoms with Crippen LogP contribution in [-0.2, 0) is 0 Å². The molecule has 1 aromatic rings. The zero-order chi connectivity index (χ0) is 9.73. The van der Waals surface area contributed by atoms with Crippen LogP contribution in [0.1, 0.15) is 19.8 Å². The van der Waals surface area contributed by atoms with Crippen LogP contribution in [0.25, 0.3) is 0 Å². The van der Waals surface area contributed by atoms with Crippen LogP contribution in [0.3, 0.4) is 0 Å². The molecule has 0 aliphatic heterocycles. The fraction of sp³-hybridized carbons (Fsp3) is 0.500. The van der Waals surface area contributed by atoms with E-state index in [9.17, 15) is 0 Å². The van der Waals surface area contributed by atoms with Gasteiger partial charge in [-0.25, -0.2) is 0 Å². The van der Waals surface area contributed by atoms with E-state index in [0.29, 0.717) is 0 Å². The molecule has 0 atom stereocenters. The molecule has 0 aromatic heterocycles. The molecule has 0 aliphatic rings. The average Bonchev–Trinajstić information content (AvgIpc) is 2.16. The zero-order valence-corrected chi connectivity index (χ0v) is 12.4. The maximum Gasteiger partial charge on any atom is 0.0933 e. The minimum atomic E-state index is -0.811. The van der Waals surface area contributed by atoms with Gasteiger partial charge in [0, 0.05) is 7.26 Å². The molecular weight excluding hydrogens is 302 g/mol. The van der Waals surface area contributed by atoms with Gasteiger partial charge in [0.25, 0.3) is 0 Å². The molecule has 0 unspecified atom stereocenters. The number of halogens is 1. The molecule has 0 spiro atoms. The van der Waals surface area contributed by atoms with E-state index >= 15 is 0 Å². The van der Waals surface area contributed by atoms with Gasteiger partial charge in [-0.15, -0.1) is 0 Å². The Labute approximate surface area is 106 Å². The van der Waals surface area contributed by atoms with Crippen molar-refractivity contribution in [3.8, 4) is 0 Å². The second kappa shape index (κ2) is 6.79. The lowest BCUT2D eigenvalue weighted by molar-refractivity contribution is -0.00000291. The smallest absolute Gasteiger partial charge is 0.0933 e. The highest BCUT2D eigenvalue weighted by Gasteiger charge is 2.26. The van der Waals surface area contributed by atoms with Crippen LogP contribution in [0.5, 0.6) is 0 Å². The molecule has 0 radical (unpaired) electrons. The standard InChI is InChI=1S/C12H20P.HI/c1-4-5-11-13(2,3)12-9-7-6-8-10-12;/h6-10H,4-5,11H2,1-3H3;1H/q+1;/p-1. The fourth-order valence-electron chi connectivity index (χ4n) is 1.51. The largest absolute Gasteiger partial charge is 1.00 e. The van der Waals surface area contributed by atoms with Crippen molar-refractivity contribution in [1.82, 2.24) is 0 Å². The summed E-state index contributed by atoms with van der Waals surface area (Å²) < 4.78 is 0. The van der Waals surface area contributed by atoms with E-state index in [1.165, 1.54) is 19.0 Å². The molecule has 0 heterocycles. The lowest BCUT2D eigenvalue weighted by Gasteiger charge is -2.17. The van der Waals surface area contributed by atoms with Crippen molar-refractivity contribution in [1.29, 1.82) is 0 Å². The van der Waals surface area contributed by atoms with Gasteiger partial charge in [0.1, 0.15) is 0 Å². The molecule has 0 nitrogen and oxygen atoms in total. The minimum Gasteiger partial charge on any atom is -1.00 e. The van der Waals surface area contributed by atoms with Crippen molar-refractivity contribution in [3.05, 3.63) is 30.3 Å². The number of unbranched alkanes of at least 4 members (excludes halogenated alkanes) is 1. The normalized spacial score (nSPS) is 10.8. The summed E-state index contributed by atoms with van der Waals surface area (Å²) in [5.74, 6) is 0. The van der Waals surface area contributed by atoms with Crippen LogP contribution < -0.4 is 29.3 Å². The van der Waals surface area contributed by atoms with Gasteiger partial charge < -0.3 is 24.0 Å². The Kier molecular flexibility index (Phi) is 6.97. The summed E-state index contributed by atoms with van der Waals surface area (Å²) in [5.41, 5.74) is 0. The Morgan fingerprint density at radius 3 is 2.14 bits per heavy atom. The average molecular weight is 322 g/mol. The molecule has 14 heavy (non-hydrogen) atoms. The second-order valence-electron chi connectivity index (χ2n) is 4.10. The molecular formula is C12H20IP. The molecule has 0 saturated heterocycles. The van der Waals surface area contributed by atoms with E-state index in [0.717, 1.165) is 0 Å². The summed E-state index contributed by atoms with van der Waals surface area (Å²) in [6.07, 6.45) is 4.08. The molecule has 0 fully saturated rings. The maximum atomic E-state index is 2.44. The van der Waals surface area contributed by atoms with E-state index in [4.69, 9.17) is 0 Å². The van der Waals surface area contributed by atoms with Crippen LogP contribution in [0.2, 0.25) is 0 Å². The van der Waals surface area contributed by atoms with Gasteiger partial charge in [-0.3, -0.25) is 0 Å². The molecule has 0 amide bonds. The highest BCUT2D eigenvalue weighted by molar-refractivity contribution is 7.81. The Morgan fingerprint density at radius 2 is 1.64 bits per heavy atom. The summed E-state index contributed by atoms with van der Waals surface area (Å²) in [6.45, 7) is 7.15. The van der Waals surface area contributed by atoms with Crippen molar-refractivity contribution in [2.24, 2.45) is 0 Å². The minimum absolute atomic E-state index is 0. The van der Waals surface area contributed by atoms with Crippen molar-refractivity contribution in [2.45, 2.75) is 19.8 Å². The third-order valence-corrected chi connectivity index (χ3v) is 5.66. The van der Waals surface area contributed by atoms with Gasteiger partial charge in [-0.1, -0.05) is 31.5 Å². The second-order valence-corrected chi connectivity index (χ2v) is 8.43. The highest BCUT2D eigenvalue weighted by atomic mass is 127. The van der Waals surface area contributed by atoms with Crippen LogP contribution in [0.4, 0.5) is 0 Å². The van der Waals surface area contributed by atoms with Gasteiger partial charge >= 0.3 is 0 Å². The molecule has 1 aromatic carbocycles. The maximum absolute atomic E-state index is 2.44. The van der Waals surface area contributed by atoms with E-state index in [1.807, 2.05) is 0 Å². The molecule has 80 valence electrons. The summed E-state index contributed by atoms with van der Waals surface area (Å²) in [5, 5.41) is 1.57. The van der Waals surface area contributed by atoms with E-state index in [2.05, 4.69) is 50.6 Å². The van der Waals surface area contributed by atoms with Crippen molar-refractivity contribution in [2.75, 3.05) is 19.5 Å². The molecule has 0 saturated carbocycles. The van der Waals surface area contributed by atoms with Gasteiger partial charge in [-0.2, -0.15) is 0 Å². The van der Waals surface area contributed by atoms with Gasteiger partial charge in [-0.05, 0) is 18.6 Å². The molecule has 0 bridgehead atoms. The highest BCUT2D eigenvalue weighted by Crippen LogP contribution is 2.50. The lowest BCUT2D eigenvalue weighted by Crippen LogP contribution is -3.00. The first kappa shape index (κ1) is 14.4. The number of benzene rings is 1. The first-order valence-corrected chi connectivity index (χ1v) is 7.92.